The van der Waals surface area contributed by atoms with Gasteiger partial charge in [-0.2, -0.15) is 0 Å². The molecule has 0 bridgehead atoms. The van der Waals surface area contributed by atoms with Crippen LogP contribution >= 0.6 is 34.0 Å². The fraction of sp³-hybridized carbons (Fsp3) is 0.533. The minimum atomic E-state index is 0.619. The molecule has 9 aromatic rings. The van der Waals surface area contributed by atoms with Crippen LogP contribution in [0.3, 0.4) is 0 Å². The highest BCUT2D eigenvalue weighted by Gasteiger charge is 2.18. The molecule has 0 aliphatic heterocycles. The molecule has 0 amide bonds. The molecule has 0 aliphatic rings. The van der Waals surface area contributed by atoms with Gasteiger partial charge in [0.1, 0.15) is 23.0 Å². The summed E-state index contributed by atoms with van der Waals surface area (Å²) in [5.74, 6) is 32.0. The summed E-state index contributed by atoms with van der Waals surface area (Å²) >= 11 is 5.37. The summed E-state index contributed by atoms with van der Waals surface area (Å²) in [6.07, 6.45) is 69.1. The van der Waals surface area contributed by atoms with E-state index in [0.717, 1.165) is 155 Å². The van der Waals surface area contributed by atoms with Gasteiger partial charge in [-0.05, 0) is 134 Å². The van der Waals surface area contributed by atoms with Gasteiger partial charge in [-0.15, -0.1) is 34.0 Å². The third-order valence-electron chi connectivity index (χ3n) is 24.7. The Hall–Kier alpha value is -8.54. The molecule has 0 spiro atoms. The van der Waals surface area contributed by atoms with Crippen molar-refractivity contribution in [2.75, 3.05) is 62.4 Å². The monoisotopic (exact) mass is 1790 g/mol. The van der Waals surface area contributed by atoms with Gasteiger partial charge in [0.15, 0.2) is 0 Å². The fourth-order valence-electron chi connectivity index (χ4n) is 16.5. The predicted octanol–water partition coefficient (Wildman–Crippen LogP) is 36.1. The summed E-state index contributed by atoms with van der Waals surface area (Å²) in [7, 11) is 0. The standard InChI is InChI=1S/C120H162N2O4S3/c1-9-17-25-29-33-37-41-45-49-53-89-123-113-95-107(115(125-91-55-51-47-43-39-35-31-27-19-11-3)93-105(113)75-69-101-63-57-99(58-64-101)61-67-103-71-79-109(80-72-103)121(85-21-13-5)86-22-14-6)77-83-111-97-117-119(127-111)120-118(129-117)98-112(128-120)84-78-108-96-114(124-90-54-50-46-42-38-34-30-26-18-10-2)106(94-116(108)126-92-56-52-48-44-40-36-32-28-20-12-4)76-70-102-65-59-100(60-66-102)62-68-104-73-81-110(82-74-104)122(87-23-15-7)88-24-16-8/h57-68,71-74,79-82,93-98H,9-56,85-92H2,1-8H3/b67-61+,68-62+. The van der Waals surface area contributed by atoms with Gasteiger partial charge in [0.05, 0.1) is 67.8 Å². The summed E-state index contributed by atoms with van der Waals surface area (Å²) in [6.45, 7) is 25.2. The number of unbranched alkanes of at least 4 members (excludes halogenated alkanes) is 40. The Bertz CT molecular complexity index is 4550. The minimum Gasteiger partial charge on any atom is -0.492 e. The molecular weight excluding hydrogens is 1630 g/mol. The van der Waals surface area contributed by atoms with E-state index in [1.807, 2.05) is 11.3 Å². The van der Waals surface area contributed by atoms with E-state index in [9.17, 15) is 0 Å². The van der Waals surface area contributed by atoms with E-state index in [1.54, 1.807) is 22.7 Å². The van der Waals surface area contributed by atoms with E-state index in [0.29, 0.717) is 26.4 Å². The molecule has 9 heteroatoms. The van der Waals surface area contributed by atoms with Crippen molar-refractivity contribution in [1.29, 1.82) is 0 Å². The van der Waals surface area contributed by atoms with Gasteiger partial charge < -0.3 is 28.7 Å². The normalized spacial score (nSPS) is 11.3. The Morgan fingerprint density at radius 1 is 0.225 bits per heavy atom. The van der Waals surface area contributed by atoms with Crippen molar-refractivity contribution in [3.63, 3.8) is 0 Å². The lowest BCUT2D eigenvalue weighted by atomic mass is 10.1. The van der Waals surface area contributed by atoms with E-state index in [-0.39, 0.29) is 0 Å². The summed E-state index contributed by atoms with van der Waals surface area (Å²) in [4.78, 5) is 7.14. The molecule has 3 heterocycles. The van der Waals surface area contributed by atoms with Crippen LogP contribution in [0.15, 0.2) is 133 Å². The molecule has 6 nitrogen and oxygen atoms in total. The van der Waals surface area contributed by atoms with Crippen LogP contribution in [-0.2, 0) is 0 Å². The van der Waals surface area contributed by atoms with Crippen LogP contribution in [0.5, 0.6) is 23.0 Å². The smallest absolute Gasteiger partial charge is 0.136 e. The Morgan fingerprint density at radius 3 is 0.682 bits per heavy atom. The van der Waals surface area contributed by atoms with Crippen LogP contribution in [0.4, 0.5) is 11.4 Å². The second-order valence-corrected chi connectivity index (χ2v) is 39.2. The highest BCUT2D eigenvalue weighted by atomic mass is 32.1. The van der Waals surface area contributed by atoms with Crippen molar-refractivity contribution in [3.05, 3.63) is 199 Å². The zero-order chi connectivity index (χ0) is 90.4. The van der Waals surface area contributed by atoms with Gasteiger partial charge in [0, 0.05) is 82.3 Å². The maximum absolute atomic E-state index is 6.86. The average molecular weight is 1790 g/mol. The Kier molecular flexibility index (Phi) is 52.6. The molecule has 0 unspecified atom stereocenters. The molecule has 3 aromatic heterocycles. The zero-order valence-electron chi connectivity index (χ0n) is 81.4. The van der Waals surface area contributed by atoms with Crippen LogP contribution in [0, 0.1) is 47.4 Å². The van der Waals surface area contributed by atoms with Gasteiger partial charge in [-0.1, -0.05) is 432 Å². The summed E-state index contributed by atoms with van der Waals surface area (Å²) in [6, 6.07) is 48.4. The van der Waals surface area contributed by atoms with E-state index < -0.39 is 0 Å². The largest absolute Gasteiger partial charge is 0.492 e. The van der Waals surface area contributed by atoms with Crippen LogP contribution in [-0.4, -0.2) is 52.6 Å². The van der Waals surface area contributed by atoms with Crippen LogP contribution in [0.1, 0.15) is 429 Å². The molecule has 129 heavy (non-hydrogen) atoms. The highest BCUT2D eigenvalue weighted by Crippen LogP contribution is 2.44. The van der Waals surface area contributed by atoms with Crippen LogP contribution in [0.25, 0.3) is 43.1 Å². The first-order valence-electron chi connectivity index (χ1n) is 51.9. The molecule has 0 saturated carbocycles. The van der Waals surface area contributed by atoms with Crippen molar-refractivity contribution >= 4 is 88.5 Å². The molecule has 0 fully saturated rings. The highest BCUT2D eigenvalue weighted by molar-refractivity contribution is 7.38. The maximum atomic E-state index is 6.86. The molecule has 0 atom stereocenters. The molecule has 6 aromatic carbocycles. The number of ether oxygens (including phenoxy) is 4. The molecule has 0 N–H and O–H groups in total. The first-order chi connectivity index (χ1) is 63.7. The third-order valence-corrected chi connectivity index (χ3v) is 28.3. The lowest BCUT2D eigenvalue weighted by molar-refractivity contribution is 0.295. The van der Waals surface area contributed by atoms with Crippen molar-refractivity contribution in [3.8, 4) is 70.4 Å². The lowest BCUT2D eigenvalue weighted by Gasteiger charge is -2.24. The molecule has 694 valence electrons. The van der Waals surface area contributed by atoms with Gasteiger partial charge in [-0.25, -0.2) is 0 Å². The predicted molar refractivity (Wildman–Crippen MR) is 569 cm³/mol. The van der Waals surface area contributed by atoms with E-state index >= 15 is 0 Å². The van der Waals surface area contributed by atoms with Gasteiger partial charge in [0.25, 0.3) is 0 Å². The Morgan fingerprint density at radius 2 is 0.442 bits per heavy atom. The molecule has 0 aliphatic carbocycles. The second-order valence-electron chi connectivity index (χ2n) is 36.0. The lowest BCUT2D eigenvalue weighted by Crippen LogP contribution is -2.25. The quantitative estimate of drug-likeness (QED) is 0.0215. The van der Waals surface area contributed by atoms with Gasteiger partial charge in [0.2, 0.25) is 0 Å². The number of thiophene rings is 3. The van der Waals surface area contributed by atoms with Crippen LogP contribution < -0.4 is 28.7 Å². The van der Waals surface area contributed by atoms with Gasteiger partial charge in [-0.3, -0.25) is 0 Å². The van der Waals surface area contributed by atoms with Crippen molar-refractivity contribution < 1.29 is 18.9 Å². The third kappa shape index (κ3) is 40.6. The number of rotatable bonds is 66. The van der Waals surface area contributed by atoms with Crippen molar-refractivity contribution in [1.82, 2.24) is 0 Å². The van der Waals surface area contributed by atoms with Crippen LogP contribution in [0.2, 0.25) is 0 Å². The summed E-state index contributed by atoms with van der Waals surface area (Å²) in [5, 5.41) is 0. The van der Waals surface area contributed by atoms with Gasteiger partial charge >= 0.3 is 0 Å². The molecule has 0 saturated heterocycles. The molecule has 0 radical (unpaired) electrons. The van der Waals surface area contributed by atoms with E-state index in [2.05, 4.69) is 270 Å². The number of hydrogen-bond donors (Lipinski definition) is 0. The summed E-state index contributed by atoms with van der Waals surface area (Å²) in [5.41, 5.74) is 12.5. The minimum absolute atomic E-state index is 0.619. The number of benzene rings is 6. The fourth-order valence-corrected chi connectivity index (χ4v) is 20.3. The maximum Gasteiger partial charge on any atom is 0.136 e. The second kappa shape index (κ2) is 65.1. The number of nitrogens with zero attached hydrogens (tertiary/aromatic N) is 2. The summed E-state index contributed by atoms with van der Waals surface area (Å²) < 4.78 is 32.4. The molecular formula is C120H162N2O4S3. The SMILES string of the molecule is CCCCCCCCCCCCOc1cc(C#Cc2cc3sc4cc(C#Cc5cc(OCCCCCCCCCCCC)c(C#Cc6ccc(/C=C/c7ccc(N(CCCC)CCCC)cc7)cc6)cc5OCCCCCCCCCCCC)sc4c3s2)c(OCCCCCCCCCCCC)cc1C#Cc1ccc(/C=C/c2ccc(N(CCCC)CCCC)cc2)cc1. The van der Waals surface area contributed by atoms with E-state index in [4.69, 9.17) is 18.9 Å². The topological polar surface area (TPSA) is 43.4 Å². The Balaban J connectivity index is 0.986. The van der Waals surface area contributed by atoms with E-state index in [1.165, 1.54) is 298 Å². The number of hydrogen-bond acceptors (Lipinski definition) is 9. The van der Waals surface area contributed by atoms with Crippen molar-refractivity contribution in [2.45, 2.75) is 364 Å². The number of fused-ring (bicyclic) bond motifs is 3. The number of anilines is 2. The zero-order valence-corrected chi connectivity index (χ0v) is 83.8. The van der Waals surface area contributed by atoms with Crippen molar-refractivity contribution in [2.24, 2.45) is 0 Å². The molecule has 9 rings (SSSR count). The first-order valence-corrected chi connectivity index (χ1v) is 54.3. The average Bonchev–Trinajstić information content (AvgIpc) is 1.60. The first kappa shape index (κ1) is 104. The Labute approximate surface area is 796 Å².